The van der Waals surface area contributed by atoms with Crippen molar-refractivity contribution in [1.82, 2.24) is 9.97 Å². The Hall–Kier alpha value is -1.74. The summed E-state index contributed by atoms with van der Waals surface area (Å²) in [4.78, 5) is 7.83. The van der Waals surface area contributed by atoms with Crippen molar-refractivity contribution < 1.29 is 0 Å². The largest absolute Gasteiger partial charge is 0.338 e. The SMILES string of the molecule is S.c1ccc(-c2nc3ccccc3[nH]2)cc1. The summed E-state index contributed by atoms with van der Waals surface area (Å²) in [5.74, 6) is 0.928. The number of benzene rings is 2. The molecule has 0 bridgehead atoms. The summed E-state index contributed by atoms with van der Waals surface area (Å²) in [5, 5.41) is 0. The Labute approximate surface area is 101 Å². The number of hydrogen-bond donors (Lipinski definition) is 1. The van der Waals surface area contributed by atoms with Gasteiger partial charge >= 0.3 is 0 Å². The molecular formula is C13H12N2S. The zero-order valence-corrected chi connectivity index (χ0v) is 9.64. The molecule has 0 aliphatic carbocycles. The maximum absolute atomic E-state index is 4.53. The van der Waals surface area contributed by atoms with Crippen LogP contribution in [0.15, 0.2) is 54.6 Å². The third kappa shape index (κ3) is 1.82. The van der Waals surface area contributed by atoms with Gasteiger partial charge in [-0.15, -0.1) is 0 Å². The number of aromatic amines is 1. The van der Waals surface area contributed by atoms with Crippen LogP contribution in [0.5, 0.6) is 0 Å². The van der Waals surface area contributed by atoms with E-state index in [2.05, 4.69) is 22.1 Å². The van der Waals surface area contributed by atoms with Crippen molar-refractivity contribution in [3.63, 3.8) is 0 Å². The lowest BCUT2D eigenvalue weighted by Crippen LogP contribution is -1.77. The molecule has 1 N–H and O–H groups in total. The van der Waals surface area contributed by atoms with E-state index >= 15 is 0 Å². The van der Waals surface area contributed by atoms with Crippen LogP contribution in [0.4, 0.5) is 0 Å². The first-order chi connectivity index (χ1) is 7.43. The second kappa shape index (κ2) is 4.41. The number of aromatic nitrogens is 2. The van der Waals surface area contributed by atoms with Crippen LogP contribution in [0.1, 0.15) is 0 Å². The summed E-state index contributed by atoms with van der Waals surface area (Å²) in [5.41, 5.74) is 3.21. The Balaban J connectivity index is 0.000000963. The predicted octanol–water partition coefficient (Wildman–Crippen LogP) is 3.34. The number of H-pyrrole nitrogens is 1. The second-order valence-electron chi connectivity index (χ2n) is 3.47. The fraction of sp³-hybridized carbons (Fsp3) is 0. The molecule has 3 rings (SSSR count). The molecule has 0 aliphatic heterocycles. The number of imidazole rings is 1. The molecule has 0 atom stereocenters. The number of para-hydroxylation sites is 2. The Morgan fingerprint density at radius 2 is 1.50 bits per heavy atom. The molecule has 16 heavy (non-hydrogen) atoms. The third-order valence-electron chi connectivity index (χ3n) is 2.44. The van der Waals surface area contributed by atoms with E-state index in [0.717, 1.165) is 22.4 Å². The lowest BCUT2D eigenvalue weighted by atomic mass is 10.2. The Morgan fingerprint density at radius 3 is 2.25 bits per heavy atom. The van der Waals surface area contributed by atoms with E-state index in [-0.39, 0.29) is 13.5 Å². The van der Waals surface area contributed by atoms with Crippen LogP contribution in [-0.2, 0) is 0 Å². The average Bonchev–Trinajstić information content (AvgIpc) is 2.74. The van der Waals surface area contributed by atoms with E-state index in [1.165, 1.54) is 0 Å². The molecule has 0 unspecified atom stereocenters. The van der Waals surface area contributed by atoms with Crippen LogP contribution in [-0.4, -0.2) is 9.97 Å². The van der Waals surface area contributed by atoms with Gasteiger partial charge in [0.05, 0.1) is 11.0 Å². The quantitative estimate of drug-likeness (QED) is 0.680. The number of nitrogens with one attached hydrogen (secondary N) is 1. The van der Waals surface area contributed by atoms with Crippen molar-refractivity contribution >= 4 is 24.5 Å². The molecule has 0 spiro atoms. The summed E-state index contributed by atoms with van der Waals surface area (Å²) in [6.07, 6.45) is 0. The van der Waals surface area contributed by atoms with Crippen molar-refractivity contribution in [3.05, 3.63) is 54.6 Å². The second-order valence-corrected chi connectivity index (χ2v) is 3.47. The van der Waals surface area contributed by atoms with E-state index in [4.69, 9.17) is 0 Å². The van der Waals surface area contributed by atoms with Crippen molar-refractivity contribution in [1.29, 1.82) is 0 Å². The van der Waals surface area contributed by atoms with Gasteiger partial charge in [0.25, 0.3) is 0 Å². The molecule has 0 fully saturated rings. The normalized spacial score (nSPS) is 10.0. The van der Waals surface area contributed by atoms with Crippen molar-refractivity contribution in [2.45, 2.75) is 0 Å². The highest BCUT2D eigenvalue weighted by atomic mass is 32.1. The van der Waals surface area contributed by atoms with Gasteiger partial charge in [0, 0.05) is 5.56 Å². The van der Waals surface area contributed by atoms with Gasteiger partial charge in [-0.2, -0.15) is 13.5 Å². The zero-order valence-electron chi connectivity index (χ0n) is 8.64. The molecule has 3 aromatic rings. The van der Waals surface area contributed by atoms with E-state index in [1.807, 2.05) is 42.5 Å². The van der Waals surface area contributed by atoms with E-state index in [9.17, 15) is 0 Å². The van der Waals surface area contributed by atoms with Crippen molar-refractivity contribution in [3.8, 4) is 11.4 Å². The smallest absolute Gasteiger partial charge is 0.138 e. The Kier molecular flexibility index (Phi) is 2.97. The minimum atomic E-state index is 0. The molecule has 1 aromatic heterocycles. The maximum atomic E-state index is 4.53. The highest BCUT2D eigenvalue weighted by Gasteiger charge is 2.02. The van der Waals surface area contributed by atoms with E-state index in [1.54, 1.807) is 0 Å². The first kappa shape index (κ1) is 10.8. The minimum Gasteiger partial charge on any atom is -0.338 e. The van der Waals surface area contributed by atoms with E-state index < -0.39 is 0 Å². The predicted molar refractivity (Wildman–Crippen MR) is 71.9 cm³/mol. The molecule has 0 aliphatic rings. The van der Waals surface area contributed by atoms with Crippen molar-refractivity contribution in [2.75, 3.05) is 0 Å². The number of fused-ring (bicyclic) bond motifs is 1. The molecule has 2 aromatic carbocycles. The topological polar surface area (TPSA) is 28.7 Å². The molecule has 0 saturated heterocycles. The van der Waals surface area contributed by atoms with Gasteiger partial charge in [-0.05, 0) is 12.1 Å². The monoisotopic (exact) mass is 228 g/mol. The standard InChI is InChI=1S/C13H10N2.H2S/c1-2-6-10(7-3-1)13-14-11-8-4-5-9-12(11)15-13;/h1-9H,(H,14,15);1H2. The lowest BCUT2D eigenvalue weighted by molar-refractivity contribution is 1.34. The van der Waals surface area contributed by atoms with Crippen LogP contribution >= 0.6 is 13.5 Å². The summed E-state index contributed by atoms with van der Waals surface area (Å²) in [6, 6.07) is 18.2. The van der Waals surface area contributed by atoms with Gasteiger partial charge in [0.1, 0.15) is 5.82 Å². The van der Waals surface area contributed by atoms with Gasteiger partial charge in [-0.3, -0.25) is 0 Å². The highest BCUT2D eigenvalue weighted by molar-refractivity contribution is 7.59. The van der Waals surface area contributed by atoms with Crippen molar-refractivity contribution in [2.24, 2.45) is 0 Å². The molecular weight excluding hydrogens is 216 g/mol. The molecule has 0 radical (unpaired) electrons. The van der Waals surface area contributed by atoms with Gasteiger partial charge in [0.2, 0.25) is 0 Å². The molecule has 80 valence electrons. The van der Waals surface area contributed by atoms with Gasteiger partial charge in [0.15, 0.2) is 0 Å². The Morgan fingerprint density at radius 1 is 0.812 bits per heavy atom. The molecule has 0 amide bonds. The molecule has 1 heterocycles. The summed E-state index contributed by atoms with van der Waals surface area (Å²) < 4.78 is 0. The summed E-state index contributed by atoms with van der Waals surface area (Å²) in [6.45, 7) is 0. The molecule has 2 nitrogen and oxygen atoms in total. The fourth-order valence-electron chi connectivity index (χ4n) is 1.69. The summed E-state index contributed by atoms with van der Waals surface area (Å²) >= 11 is 0. The highest BCUT2D eigenvalue weighted by Crippen LogP contribution is 2.19. The third-order valence-corrected chi connectivity index (χ3v) is 2.44. The zero-order chi connectivity index (χ0) is 10.1. The van der Waals surface area contributed by atoms with Gasteiger partial charge in [-0.25, -0.2) is 4.98 Å². The Bertz CT molecular complexity index is 554. The van der Waals surface area contributed by atoms with E-state index in [0.29, 0.717) is 0 Å². The maximum Gasteiger partial charge on any atom is 0.138 e. The van der Waals surface area contributed by atoms with Crippen LogP contribution in [0.25, 0.3) is 22.4 Å². The average molecular weight is 228 g/mol. The van der Waals surface area contributed by atoms with Crippen LogP contribution in [0, 0.1) is 0 Å². The van der Waals surface area contributed by atoms with Crippen LogP contribution in [0.3, 0.4) is 0 Å². The fourth-order valence-corrected chi connectivity index (χ4v) is 1.69. The lowest BCUT2D eigenvalue weighted by Gasteiger charge is -1.93. The first-order valence-electron chi connectivity index (χ1n) is 4.94. The summed E-state index contributed by atoms with van der Waals surface area (Å²) in [7, 11) is 0. The van der Waals surface area contributed by atoms with Crippen LogP contribution in [0.2, 0.25) is 0 Å². The molecule has 3 heteroatoms. The van der Waals surface area contributed by atoms with Gasteiger partial charge in [-0.1, -0.05) is 42.5 Å². The minimum absolute atomic E-state index is 0. The van der Waals surface area contributed by atoms with Crippen LogP contribution < -0.4 is 0 Å². The van der Waals surface area contributed by atoms with Gasteiger partial charge < -0.3 is 4.98 Å². The number of nitrogens with zero attached hydrogens (tertiary/aromatic N) is 1. The number of hydrogen-bond acceptors (Lipinski definition) is 1. The number of rotatable bonds is 1. The molecule has 0 saturated carbocycles. The first-order valence-corrected chi connectivity index (χ1v) is 4.94.